The van der Waals surface area contributed by atoms with E-state index in [-0.39, 0.29) is 18.5 Å². The molecule has 0 saturated carbocycles. The van der Waals surface area contributed by atoms with Gasteiger partial charge in [0.25, 0.3) is 5.91 Å². The number of H-pyrrole nitrogens is 1. The van der Waals surface area contributed by atoms with E-state index in [9.17, 15) is 4.79 Å². The van der Waals surface area contributed by atoms with Crippen LogP contribution >= 0.6 is 0 Å². The third kappa shape index (κ3) is 4.50. The Bertz CT molecular complexity index is 940. The van der Waals surface area contributed by atoms with Crippen LogP contribution in [-0.4, -0.2) is 49.0 Å². The second kappa shape index (κ2) is 8.76. The minimum absolute atomic E-state index is 0.146. The van der Waals surface area contributed by atoms with Crippen molar-refractivity contribution >= 4 is 11.9 Å². The fourth-order valence-corrected chi connectivity index (χ4v) is 2.41. The average molecular weight is 384 g/mol. The molecule has 0 aliphatic carbocycles. The van der Waals surface area contributed by atoms with Crippen LogP contribution < -0.4 is 24.3 Å². The number of rotatable bonds is 8. The van der Waals surface area contributed by atoms with Crippen LogP contribution in [0.3, 0.4) is 0 Å². The smallest absolute Gasteiger partial charge is 0.264 e. The fourth-order valence-electron chi connectivity index (χ4n) is 2.41. The van der Waals surface area contributed by atoms with Crippen LogP contribution in [-0.2, 0) is 4.79 Å². The Balaban J connectivity index is 1.60. The first-order valence-electron chi connectivity index (χ1n) is 8.34. The number of amides is 1. The Morgan fingerprint density at radius 3 is 2.36 bits per heavy atom. The van der Waals surface area contributed by atoms with Crippen LogP contribution in [0.25, 0.3) is 11.4 Å². The third-order valence-electron chi connectivity index (χ3n) is 3.82. The van der Waals surface area contributed by atoms with Gasteiger partial charge in [0.1, 0.15) is 11.5 Å². The molecule has 9 heteroatoms. The van der Waals surface area contributed by atoms with E-state index in [0.29, 0.717) is 28.8 Å². The molecule has 1 aromatic heterocycles. The standard InChI is InChI=1S/C19H20N4O5/c1-25-13-5-7-14(8-6-13)28-11-17(24)20-19-21-18(22-23-19)12-4-9-15(26-2)16(10-12)27-3/h4-10H,11H2,1-3H3,(H2,20,21,22,23,24). The number of anilines is 1. The molecular formula is C19H20N4O5. The molecule has 146 valence electrons. The quantitative estimate of drug-likeness (QED) is 0.614. The lowest BCUT2D eigenvalue weighted by Gasteiger charge is -2.08. The lowest BCUT2D eigenvalue weighted by atomic mass is 10.2. The third-order valence-corrected chi connectivity index (χ3v) is 3.82. The van der Waals surface area contributed by atoms with E-state index >= 15 is 0 Å². The molecule has 3 aromatic rings. The van der Waals surface area contributed by atoms with Gasteiger partial charge in [-0.25, -0.2) is 0 Å². The summed E-state index contributed by atoms with van der Waals surface area (Å²) in [5.41, 5.74) is 0.736. The molecule has 0 aliphatic rings. The molecule has 0 saturated heterocycles. The highest BCUT2D eigenvalue weighted by Crippen LogP contribution is 2.31. The van der Waals surface area contributed by atoms with Crippen LogP contribution in [0.1, 0.15) is 0 Å². The van der Waals surface area contributed by atoms with E-state index in [2.05, 4.69) is 20.5 Å². The first kappa shape index (κ1) is 19.0. The number of hydrogen-bond donors (Lipinski definition) is 2. The van der Waals surface area contributed by atoms with Crippen molar-refractivity contribution in [3.05, 3.63) is 42.5 Å². The molecular weight excluding hydrogens is 364 g/mol. The molecule has 2 aromatic carbocycles. The number of methoxy groups -OCH3 is 3. The number of nitrogens with one attached hydrogen (secondary N) is 2. The zero-order valence-corrected chi connectivity index (χ0v) is 15.7. The zero-order chi connectivity index (χ0) is 19.9. The van der Waals surface area contributed by atoms with Crippen molar-refractivity contribution in [2.24, 2.45) is 0 Å². The molecule has 1 amide bonds. The molecule has 0 radical (unpaired) electrons. The van der Waals surface area contributed by atoms with E-state index < -0.39 is 0 Å². The lowest BCUT2D eigenvalue weighted by molar-refractivity contribution is -0.118. The highest BCUT2D eigenvalue weighted by Gasteiger charge is 2.12. The Labute approximate surface area is 161 Å². The van der Waals surface area contributed by atoms with Gasteiger partial charge < -0.3 is 18.9 Å². The zero-order valence-electron chi connectivity index (χ0n) is 15.7. The maximum Gasteiger partial charge on any atom is 0.264 e. The van der Waals surface area contributed by atoms with Gasteiger partial charge in [-0.3, -0.25) is 15.2 Å². The summed E-state index contributed by atoms with van der Waals surface area (Å²) < 4.78 is 21.0. The van der Waals surface area contributed by atoms with Gasteiger partial charge in [-0.2, -0.15) is 4.98 Å². The van der Waals surface area contributed by atoms with Gasteiger partial charge in [0, 0.05) is 5.56 Å². The lowest BCUT2D eigenvalue weighted by Crippen LogP contribution is -2.20. The van der Waals surface area contributed by atoms with Crippen molar-refractivity contribution in [2.45, 2.75) is 0 Å². The van der Waals surface area contributed by atoms with E-state index in [1.54, 1.807) is 63.8 Å². The summed E-state index contributed by atoms with van der Waals surface area (Å²) in [6.07, 6.45) is 0. The van der Waals surface area contributed by atoms with E-state index in [1.165, 1.54) is 0 Å². The molecule has 0 unspecified atom stereocenters. The molecule has 9 nitrogen and oxygen atoms in total. The van der Waals surface area contributed by atoms with Gasteiger partial charge in [-0.15, -0.1) is 5.10 Å². The predicted octanol–water partition coefficient (Wildman–Crippen LogP) is 2.52. The number of ether oxygens (including phenoxy) is 4. The Morgan fingerprint density at radius 2 is 1.68 bits per heavy atom. The number of benzene rings is 2. The molecule has 1 heterocycles. The molecule has 28 heavy (non-hydrogen) atoms. The second-order valence-corrected chi connectivity index (χ2v) is 5.59. The van der Waals surface area contributed by atoms with Crippen LogP contribution in [0.4, 0.5) is 5.95 Å². The van der Waals surface area contributed by atoms with Crippen LogP contribution in [0, 0.1) is 0 Å². The Kier molecular flexibility index (Phi) is 5.95. The summed E-state index contributed by atoms with van der Waals surface area (Å²) in [6.45, 7) is -0.174. The van der Waals surface area contributed by atoms with Gasteiger partial charge in [0.15, 0.2) is 23.9 Å². The number of hydrogen-bond acceptors (Lipinski definition) is 7. The molecule has 0 fully saturated rings. The minimum Gasteiger partial charge on any atom is -0.497 e. The van der Waals surface area contributed by atoms with Crippen molar-refractivity contribution < 1.29 is 23.7 Å². The highest BCUT2D eigenvalue weighted by molar-refractivity contribution is 5.90. The summed E-state index contributed by atoms with van der Waals surface area (Å²) >= 11 is 0. The highest BCUT2D eigenvalue weighted by atomic mass is 16.5. The number of nitrogens with zero attached hydrogens (tertiary/aromatic N) is 2. The second-order valence-electron chi connectivity index (χ2n) is 5.59. The molecule has 0 aliphatic heterocycles. The summed E-state index contributed by atoms with van der Waals surface area (Å²) in [6, 6.07) is 12.3. The molecule has 0 atom stereocenters. The molecule has 0 bridgehead atoms. The van der Waals surface area contributed by atoms with Crippen LogP contribution in [0.5, 0.6) is 23.0 Å². The topological polar surface area (TPSA) is 108 Å². The van der Waals surface area contributed by atoms with Crippen molar-refractivity contribution in [1.29, 1.82) is 0 Å². The number of aromatic nitrogens is 3. The van der Waals surface area contributed by atoms with E-state index in [1.807, 2.05) is 0 Å². The van der Waals surface area contributed by atoms with Crippen molar-refractivity contribution in [3.63, 3.8) is 0 Å². The first-order chi connectivity index (χ1) is 13.6. The molecule has 2 N–H and O–H groups in total. The van der Waals surface area contributed by atoms with E-state index in [4.69, 9.17) is 18.9 Å². The van der Waals surface area contributed by atoms with Gasteiger partial charge in [-0.05, 0) is 42.5 Å². The first-order valence-corrected chi connectivity index (χ1v) is 8.34. The number of carbonyl (C=O) groups excluding carboxylic acids is 1. The predicted molar refractivity (Wildman–Crippen MR) is 102 cm³/mol. The Morgan fingerprint density at radius 1 is 0.964 bits per heavy atom. The van der Waals surface area contributed by atoms with Crippen molar-refractivity contribution in [2.75, 3.05) is 33.3 Å². The summed E-state index contributed by atoms with van der Waals surface area (Å²) in [5.74, 6) is 2.68. The maximum absolute atomic E-state index is 12.0. The Hall–Kier alpha value is -3.75. The van der Waals surface area contributed by atoms with Crippen LogP contribution in [0.2, 0.25) is 0 Å². The number of carbonyl (C=O) groups is 1. The molecule has 3 rings (SSSR count). The maximum atomic E-state index is 12.0. The van der Waals surface area contributed by atoms with Crippen molar-refractivity contribution in [3.8, 4) is 34.4 Å². The summed E-state index contributed by atoms with van der Waals surface area (Å²) in [7, 11) is 4.70. The average Bonchev–Trinajstić information content (AvgIpc) is 3.20. The number of aromatic amines is 1. The monoisotopic (exact) mass is 384 g/mol. The normalized spacial score (nSPS) is 10.2. The summed E-state index contributed by atoms with van der Waals surface area (Å²) in [5, 5.41) is 9.35. The van der Waals surface area contributed by atoms with Crippen molar-refractivity contribution in [1.82, 2.24) is 15.2 Å². The van der Waals surface area contributed by atoms with Gasteiger partial charge in [0.2, 0.25) is 5.95 Å². The van der Waals surface area contributed by atoms with E-state index in [0.717, 1.165) is 5.56 Å². The minimum atomic E-state index is -0.381. The van der Waals surface area contributed by atoms with Gasteiger partial charge >= 0.3 is 0 Å². The fraction of sp³-hybridized carbons (Fsp3) is 0.211. The largest absolute Gasteiger partial charge is 0.497 e. The van der Waals surface area contributed by atoms with Gasteiger partial charge in [0.05, 0.1) is 21.3 Å². The SMILES string of the molecule is COc1ccc(OCC(=O)Nc2n[nH]c(-c3ccc(OC)c(OC)c3)n2)cc1. The van der Waals surface area contributed by atoms with Gasteiger partial charge in [-0.1, -0.05) is 0 Å². The van der Waals surface area contributed by atoms with Crippen LogP contribution in [0.15, 0.2) is 42.5 Å². The summed E-state index contributed by atoms with van der Waals surface area (Å²) in [4.78, 5) is 16.3. The molecule has 0 spiro atoms.